The third-order valence-electron chi connectivity index (χ3n) is 1.36. The van der Waals surface area contributed by atoms with Gasteiger partial charge in [-0.1, -0.05) is 6.58 Å². The Morgan fingerprint density at radius 2 is 2.31 bits per heavy atom. The molecule has 1 rings (SSSR count). The van der Waals surface area contributed by atoms with Crippen molar-refractivity contribution in [3.63, 3.8) is 0 Å². The second-order valence-electron chi connectivity index (χ2n) is 2.24. The Morgan fingerprint density at radius 3 is 2.92 bits per heavy atom. The van der Waals surface area contributed by atoms with Gasteiger partial charge >= 0.3 is 5.97 Å². The number of carbonyl (C=O) groups excluding carboxylic acids is 1. The van der Waals surface area contributed by atoms with Crippen LogP contribution in [0.4, 0.5) is 0 Å². The van der Waals surface area contributed by atoms with Gasteiger partial charge in [0.25, 0.3) is 0 Å². The zero-order chi connectivity index (χ0) is 9.84. The number of benzene rings is 1. The van der Waals surface area contributed by atoms with E-state index in [0.717, 1.165) is 6.26 Å². The fourth-order valence-corrected chi connectivity index (χ4v) is 1.22. The van der Waals surface area contributed by atoms with Crippen molar-refractivity contribution >= 4 is 21.9 Å². The highest BCUT2D eigenvalue weighted by Crippen LogP contribution is 2.22. The molecule has 13 heavy (non-hydrogen) atoms. The number of hydrogen-bond acceptors (Lipinski definition) is 3. The first-order valence-electron chi connectivity index (χ1n) is 3.45. The van der Waals surface area contributed by atoms with Crippen LogP contribution in [-0.2, 0) is 4.74 Å². The molecule has 1 aromatic rings. The van der Waals surface area contributed by atoms with E-state index in [1.807, 2.05) is 0 Å². The summed E-state index contributed by atoms with van der Waals surface area (Å²) in [5, 5.41) is 9.10. The monoisotopic (exact) mass is 242 g/mol. The molecular formula is C9H7BrO3. The van der Waals surface area contributed by atoms with E-state index in [-0.39, 0.29) is 11.3 Å². The molecule has 0 atom stereocenters. The fraction of sp³-hybridized carbons (Fsp3) is 0. The third kappa shape index (κ3) is 2.32. The van der Waals surface area contributed by atoms with E-state index in [0.29, 0.717) is 4.47 Å². The highest BCUT2D eigenvalue weighted by molar-refractivity contribution is 9.10. The van der Waals surface area contributed by atoms with Gasteiger partial charge in [-0.15, -0.1) is 0 Å². The predicted octanol–water partition coefficient (Wildman–Crippen LogP) is 2.46. The molecule has 0 aliphatic rings. The molecule has 0 aliphatic heterocycles. The summed E-state index contributed by atoms with van der Waals surface area (Å²) in [5.74, 6) is -0.544. The second-order valence-corrected chi connectivity index (χ2v) is 3.09. The average Bonchev–Trinajstić information content (AvgIpc) is 2.09. The quantitative estimate of drug-likeness (QED) is 0.641. The number of carbonyl (C=O) groups is 1. The molecular weight excluding hydrogens is 236 g/mol. The van der Waals surface area contributed by atoms with Crippen molar-refractivity contribution in [2.75, 3.05) is 0 Å². The molecule has 0 heterocycles. The first-order valence-corrected chi connectivity index (χ1v) is 4.25. The Morgan fingerprint density at radius 1 is 1.62 bits per heavy atom. The minimum absolute atomic E-state index is 0.0132. The van der Waals surface area contributed by atoms with Gasteiger partial charge in [0.05, 0.1) is 11.8 Å². The van der Waals surface area contributed by atoms with Gasteiger partial charge in [0.2, 0.25) is 0 Å². The van der Waals surface area contributed by atoms with Crippen molar-refractivity contribution in [1.29, 1.82) is 0 Å². The summed E-state index contributed by atoms with van der Waals surface area (Å²) < 4.78 is 5.11. The van der Waals surface area contributed by atoms with E-state index in [1.54, 1.807) is 6.07 Å². The van der Waals surface area contributed by atoms with E-state index >= 15 is 0 Å². The van der Waals surface area contributed by atoms with Crippen LogP contribution in [0.1, 0.15) is 10.4 Å². The van der Waals surface area contributed by atoms with E-state index in [2.05, 4.69) is 27.2 Å². The van der Waals surface area contributed by atoms with Crippen LogP contribution in [0.2, 0.25) is 0 Å². The summed E-state index contributed by atoms with van der Waals surface area (Å²) in [7, 11) is 0. The Kier molecular flexibility index (Phi) is 3.08. The lowest BCUT2D eigenvalue weighted by Crippen LogP contribution is -2.00. The number of hydrogen-bond donors (Lipinski definition) is 1. The van der Waals surface area contributed by atoms with Crippen LogP contribution >= 0.6 is 15.9 Å². The summed E-state index contributed by atoms with van der Waals surface area (Å²) in [6.45, 7) is 3.26. The van der Waals surface area contributed by atoms with Gasteiger partial charge in [-0.05, 0) is 34.1 Å². The summed E-state index contributed by atoms with van der Waals surface area (Å²) >= 11 is 3.15. The van der Waals surface area contributed by atoms with Gasteiger partial charge < -0.3 is 9.84 Å². The van der Waals surface area contributed by atoms with Gasteiger partial charge in [-0.25, -0.2) is 4.79 Å². The van der Waals surface area contributed by atoms with Gasteiger partial charge in [0, 0.05) is 4.47 Å². The number of esters is 1. The van der Waals surface area contributed by atoms with Crippen LogP contribution in [0.25, 0.3) is 0 Å². The maximum Gasteiger partial charge on any atom is 0.344 e. The number of rotatable bonds is 2. The normalized spacial score (nSPS) is 9.31. The van der Waals surface area contributed by atoms with Gasteiger partial charge in [0.15, 0.2) is 0 Å². The molecule has 0 fully saturated rings. The Bertz CT molecular complexity index is 347. The zero-order valence-electron chi connectivity index (χ0n) is 6.66. The summed E-state index contributed by atoms with van der Waals surface area (Å²) in [6.07, 6.45) is 1.04. The van der Waals surface area contributed by atoms with Gasteiger partial charge in [0.1, 0.15) is 5.75 Å². The molecule has 0 aliphatic carbocycles. The summed E-state index contributed by atoms with van der Waals surface area (Å²) in [5.41, 5.74) is 0.264. The number of ether oxygens (including phenoxy) is 1. The average molecular weight is 243 g/mol. The number of phenolic OH excluding ortho intramolecular Hbond substituents is 1. The van der Waals surface area contributed by atoms with Gasteiger partial charge in [-0.3, -0.25) is 0 Å². The van der Waals surface area contributed by atoms with Gasteiger partial charge in [-0.2, -0.15) is 0 Å². The Labute approximate surface area is 83.8 Å². The molecule has 0 unspecified atom stereocenters. The molecule has 4 heteroatoms. The number of aromatic hydroxyl groups is 1. The molecule has 0 radical (unpaired) electrons. The lowest BCUT2D eigenvalue weighted by atomic mass is 10.2. The van der Waals surface area contributed by atoms with Crippen LogP contribution in [0.15, 0.2) is 35.5 Å². The van der Waals surface area contributed by atoms with Crippen molar-refractivity contribution in [2.24, 2.45) is 0 Å². The van der Waals surface area contributed by atoms with E-state index in [1.165, 1.54) is 12.1 Å². The summed E-state index contributed by atoms with van der Waals surface area (Å²) in [6, 6.07) is 4.35. The first kappa shape index (κ1) is 9.80. The number of halogens is 1. The lowest BCUT2D eigenvalue weighted by Gasteiger charge is -2.02. The van der Waals surface area contributed by atoms with Crippen molar-refractivity contribution in [2.45, 2.75) is 0 Å². The van der Waals surface area contributed by atoms with Crippen molar-refractivity contribution in [1.82, 2.24) is 0 Å². The summed E-state index contributed by atoms with van der Waals surface area (Å²) in [4.78, 5) is 11.2. The van der Waals surface area contributed by atoms with Crippen LogP contribution in [-0.4, -0.2) is 11.1 Å². The smallest absolute Gasteiger partial charge is 0.344 e. The maximum absolute atomic E-state index is 11.2. The number of phenols is 1. The molecule has 0 bridgehead atoms. The first-order chi connectivity index (χ1) is 6.15. The SMILES string of the molecule is C=COC(=O)c1cc(O)ccc1Br. The van der Waals surface area contributed by atoms with Crippen molar-refractivity contribution in [3.05, 3.63) is 41.1 Å². The highest BCUT2D eigenvalue weighted by Gasteiger charge is 2.10. The Balaban J connectivity index is 3.05. The molecule has 0 spiro atoms. The molecule has 0 aromatic heterocycles. The molecule has 1 N–H and O–H groups in total. The van der Waals surface area contributed by atoms with Crippen molar-refractivity contribution in [3.8, 4) is 5.75 Å². The van der Waals surface area contributed by atoms with Crippen LogP contribution in [0.5, 0.6) is 5.75 Å². The van der Waals surface area contributed by atoms with Crippen molar-refractivity contribution < 1.29 is 14.6 Å². The topological polar surface area (TPSA) is 46.5 Å². The maximum atomic E-state index is 11.2. The molecule has 3 nitrogen and oxygen atoms in total. The second kappa shape index (κ2) is 4.09. The minimum atomic E-state index is -0.558. The fourth-order valence-electron chi connectivity index (χ4n) is 0.809. The van der Waals surface area contributed by atoms with Crippen LogP contribution in [0, 0.1) is 0 Å². The highest BCUT2D eigenvalue weighted by atomic mass is 79.9. The van der Waals surface area contributed by atoms with E-state index in [9.17, 15) is 4.79 Å². The molecule has 0 amide bonds. The van der Waals surface area contributed by atoms with E-state index < -0.39 is 5.97 Å². The lowest BCUT2D eigenvalue weighted by molar-refractivity contribution is 0.0662. The molecule has 1 aromatic carbocycles. The standard InChI is InChI=1S/C9H7BrO3/c1-2-13-9(12)7-5-6(11)3-4-8(7)10/h2-5,11H,1H2. The minimum Gasteiger partial charge on any atom is -0.508 e. The predicted molar refractivity (Wildman–Crippen MR) is 51.4 cm³/mol. The largest absolute Gasteiger partial charge is 0.508 e. The molecule has 0 saturated carbocycles. The third-order valence-corrected chi connectivity index (χ3v) is 2.05. The van der Waals surface area contributed by atoms with E-state index in [4.69, 9.17) is 5.11 Å². The molecule has 68 valence electrons. The van der Waals surface area contributed by atoms with Crippen LogP contribution < -0.4 is 0 Å². The Hall–Kier alpha value is -1.29. The zero-order valence-corrected chi connectivity index (χ0v) is 8.24. The van der Waals surface area contributed by atoms with Crippen LogP contribution in [0.3, 0.4) is 0 Å². The molecule has 0 saturated heterocycles.